The van der Waals surface area contributed by atoms with E-state index in [2.05, 4.69) is 50.9 Å². The van der Waals surface area contributed by atoms with Crippen molar-refractivity contribution in [1.82, 2.24) is 10.7 Å². The molecule has 3 rings (SSSR count). The van der Waals surface area contributed by atoms with Crippen LogP contribution in [0.25, 0.3) is 0 Å². The number of benzene rings is 3. The Morgan fingerprint density at radius 3 is 2.37 bits per heavy atom. The van der Waals surface area contributed by atoms with Crippen LogP contribution in [-0.4, -0.2) is 37.7 Å². The number of ether oxygens (including phenoxy) is 2. The predicted molar refractivity (Wildman–Crippen MR) is 149 cm³/mol. The first-order valence-corrected chi connectivity index (χ1v) is 12.6. The molecule has 0 saturated heterocycles. The first-order chi connectivity index (χ1) is 18.3. The molecule has 0 spiro atoms. The normalized spacial score (nSPS) is 10.8. The maximum absolute atomic E-state index is 12.2. The number of carbonyl (C=O) groups excluding carboxylic acids is 3. The fourth-order valence-electron chi connectivity index (χ4n) is 3.31. The molecule has 9 nitrogen and oxygen atoms in total. The average molecular weight is 581 g/mol. The molecule has 0 atom stereocenters. The predicted octanol–water partition coefficient (Wildman–Crippen LogP) is 4.37. The van der Waals surface area contributed by atoms with Crippen LogP contribution in [0.1, 0.15) is 36.5 Å². The van der Waals surface area contributed by atoms with Crippen LogP contribution in [0.2, 0.25) is 0 Å². The fraction of sp³-hybridized carbons (Fsp3) is 0.214. The molecule has 198 valence electrons. The monoisotopic (exact) mass is 580 g/mol. The van der Waals surface area contributed by atoms with Gasteiger partial charge in [-0.1, -0.05) is 56.3 Å². The van der Waals surface area contributed by atoms with Gasteiger partial charge in [-0.3, -0.25) is 14.4 Å². The first kappa shape index (κ1) is 28.4. The Morgan fingerprint density at radius 2 is 1.71 bits per heavy atom. The summed E-state index contributed by atoms with van der Waals surface area (Å²) < 4.78 is 11.5. The number of para-hydroxylation sites is 1. The van der Waals surface area contributed by atoms with Gasteiger partial charge in [0.25, 0.3) is 5.91 Å². The topological polar surface area (TPSA) is 118 Å². The Kier molecular flexibility index (Phi) is 10.4. The molecule has 0 unspecified atom stereocenters. The van der Waals surface area contributed by atoms with Gasteiger partial charge < -0.3 is 20.1 Å². The molecule has 3 N–H and O–H groups in total. The third-order valence-electron chi connectivity index (χ3n) is 5.34. The number of methoxy groups -OCH3 is 1. The van der Waals surface area contributed by atoms with Crippen molar-refractivity contribution in [3.8, 4) is 11.5 Å². The van der Waals surface area contributed by atoms with Crippen molar-refractivity contribution in [2.75, 3.05) is 19.0 Å². The van der Waals surface area contributed by atoms with Crippen LogP contribution in [0.15, 0.2) is 76.3 Å². The second-order valence-corrected chi connectivity index (χ2v) is 9.37. The molecule has 3 aromatic rings. The summed E-state index contributed by atoms with van der Waals surface area (Å²) in [6, 6.07) is 20.2. The largest absolute Gasteiger partial charge is 0.493 e. The van der Waals surface area contributed by atoms with Gasteiger partial charge in [0.1, 0.15) is 0 Å². The summed E-state index contributed by atoms with van der Waals surface area (Å²) in [4.78, 5) is 36.4. The standard InChI is InChI=1S/C28H29BrN4O5/c1-18(2)21-11-9-19(10-12-21)15-30-27(35)28(36)33-31-16-20-13-23(29)26(24(14-20)37-3)38-17-25(34)32-22-7-5-4-6-8-22/h4-14,16,18H,15,17H2,1-3H3,(H,30,35)(H,32,34)(H,33,36)/b31-16-. The van der Waals surface area contributed by atoms with E-state index in [4.69, 9.17) is 9.47 Å². The van der Waals surface area contributed by atoms with Gasteiger partial charge in [-0.25, -0.2) is 5.43 Å². The van der Waals surface area contributed by atoms with Gasteiger partial charge in [-0.05, 0) is 62.8 Å². The van der Waals surface area contributed by atoms with Crippen LogP contribution in [0.5, 0.6) is 11.5 Å². The first-order valence-electron chi connectivity index (χ1n) is 11.8. The third kappa shape index (κ3) is 8.45. The zero-order valence-corrected chi connectivity index (χ0v) is 22.9. The van der Waals surface area contributed by atoms with Gasteiger partial charge in [-0.2, -0.15) is 5.10 Å². The molecule has 0 radical (unpaired) electrons. The highest BCUT2D eigenvalue weighted by molar-refractivity contribution is 9.10. The average Bonchev–Trinajstić information content (AvgIpc) is 2.91. The molecule has 3 aromatic carbocycles. The number of hydrazone groups is 1. The van der Waals surface area contributed by atoms with Gasteiger partial charge in [-0.15, -0.1) is 0 Å². The smallest absolute Gasteiger partial charge is 0.329 e. The Balaban J connectivity index is 1.52. The molecule has 0 aliphatic rings. The molecule has 0 bridgehead atoms. The highest BCUT2D eigenvalue weighted by Gasteiger charge is 2.15. The highest BCUT2D eigenvalue weighted by Crippen LogP contribution is 2.36. The molecule has 0 fully saturated rings. The summed E-state index contributed by atoms with van der Waals surface area (Å²) in [5.41, 5.74) is 5.51. The van der Waals surface area contributed by atoms with Crippen molar-refractivity contribution in [2.45, 2.75) is 26.3 Å². The minimum absolute atomic E-state index is 0.226. The lowest BCUT2D eigenvalue weighted by Crippen LogP contribution is -2.37. The number of hydrogen-bond donors (Lipinski definition) is 3. The van der Waals surface area contributed by atoms with Crippen molar-refractivity contribution in [2.24, 2.45) is 5.10 Å². The van der Waals surface area contributed by atoms with E-state index in [1.165, 1.54) is 18.9 Å². The maximum atomic E-state index is 12.2. The van der Waals surface area contributed by atoms with Crippen molar-refractivity contribution >= 4 is 45.6 Å². The SMILES string of the molecule is COc1cc(/C=N\NC(=O)C(=O)NCc2ccc(C(C)C)cc2)cc(Br)c1OCC(=O)Nc1ccccc1. The van der Waals surface area contributed by atoms with Gasteiger partial charge in [0.2, 0.25) is 0 Å². The van der Waals surface area contributed by atoms with E-state index in [-0.39, 0.29) is 19.1 Å². The van der Waals surface area contributed by atoms with Crippen LogP contribution in [0.4, 0.5) is 5.69 Å². The summed E-state index contributed by atoms with van der Waals surface area (Å²) in [6.45, 7) is 4.20. The van der Waals surface area contributed by atoms with E-state index < -0.39 is 11.8 Å². The lowest BCUT2D eigenvalue weighted by molar-refractivity contribution is -0.139. The summed E-state index contributed by atoms with van der Waals surface area (Å²) in [7, 11) is 1.46. The molecule has 0 saturated carbocycles. The summed E-state index contributed by atoms with van der Waals surface area (Å²) in [5, 5.41) is 9.16. The summed E-state index contributed by atoms with van der Waals surface area (Å²) >= 11 is 3.40. The van der Waals surface area contributed by atoms with Crippen LogP contribution >= 0.6 is 15.9 Å². The van der Waals surface area contributed by atoms with Gasteiger partial charge in [0.05, 0.1) is 17.8 Å². The summed E-state index contributed by atoms with van der Waals surface area (Å²) in [5.74, 6) is -0.928. The van der Waals surface area contributed by atoms with Crippen molar-refractivity contribution in [3.05, 3.63) is 87.9 Å². The van der Waals surface area contributed by atoms with Crippen LogP contribution in [0.3, 0.4) is 0 Å². The quantitative estimate of drug-likeness (QED) is 0.187. The second kappa shape index (κ2) is 13.9. The highest BCUT2D eigenvalue weighted by atomic mass is 79.9. The number of halogens is 1. The Labute approximate surface area is 229 Å². The Bertz CT molecular complexity index is 1290. The van der Waals surface area contributed by atoms with E-state index in [1.807, 2.05) is 42.5 Å². The minimum atomic E-state index is -0.893. The van der Waals surface area contributed by atoms with Crippen molar-refractivity contribution in [3.63, 3.8) is 0 Å². The van der Waals surface area contributed by atoms with E-state index >= 15 is 0 Å². The zero-order chi connectivity index (χ0) is 27.5. The molecule has 3 amide bonds. The molecule has 0 aliphatic heterocycles. The van der Waals surface area contributed by atoms with Crippen molar-refractivity contribution in [1.29, 1.82) is 0 Å². The minimum Gasteiger partial charge on any atom is -0.493 e. The Morgan fingerprint density at radius 1 is 1.00 bits per heavy atom. The van der Waals surface area contributed by atoms with Crippen molar-refractivity contribution < 1.29 is 23.9 Å². The third-order valence-corrected chi connectivity index (χ3v) is 5.93. The fourth-order valence-corrected chi connectivity index (χ4v) is 3.88. The van der Waals surface area contributed by atoms with Crippen LogP contribution < -0.4 is 25.5 Å². The number of amides is 3. The molecular formula is C28H29BrN4O5. The van der Waals surface area contributed by atoms with Gasteiger partial charge >= 0.3 is 11.8 Å². The Hall–Kier alpha value is -4.18. The number of nitrogens with one attached hydrogen (secondary N) is 3. The molecule has 0 heterocycles. The van der Waals surface area contributed by atoms with E-state index in [0.717, 1.165) is 5.56 Å². The van der Waals surface area contributed by atoms with Gasteiger partial charge in [0.15, 0.2) is 18.1 Å². The lowest BCUT2D eigenvalue weighted by Gasteiger charge is -2.13. The van der Waals surface area contributed by atoms with E-state index in [1.54, 1.807) is 24.3 Å². The molecular weight excluding hydrogens is 552 g/mol. The number of hydrogen-bond acceptors (Lipinski definition) is 6. The molecule has 0 aromatic heterocycles. The van der Waals surface area contributed by atoms with Crippen LogP contribution in [0, 0.1) is 0 Å². The number of nitrogens with zero attached hydrogens (tertiary/aromatic N) is 1. The number of carbonyl (C=O) groups is 3. The number of anilines is 1. The molecule has 0 aliphatic carbocycles. The maximum Gasteiger partial charge on any atom is 0.329 e. The van der Waals surface area contributed by atoms with E-state index in [0.29, 0.717) is 33.1 Å². The van der Waals surface area contributed by atoms with Crippen LogP contribution in [-0.2, 0) is 20.9 Å². The van der Waals surface area contributed by atoms with Gasteiger partial charge in [0, 0.05) is 12.2 Å². The molecule has 38 heavy (non-hydrogen) atoms. The molecule has 10 heteroatoms. The summed E-state index contributed by atoms with van der Waals surface area (Å²) in [6.07, 6.45) is 1.36. The van der Waals surface area contributed by atoms with E-state index in [9.17, 15) is 14.4 Å². The zero-order valence-electron chi connectivity index (χ0n) is 21.3. The lowest BCUT2D eigenvalue weighted by atomic mass is 10.0. The number of rotatable bonds is 10. The second-order valence-electron chi connectivity index (χ2n) is 8.52.